The molecule has 0 aromatic heterocycles. The van der Waals surface area contributed by atoms with Crippen LogP contribution in [0.15, 0.2) is 12.2 Å². The Hall–Kier alpha value is -0.910. The molecule has 4 unspecified atom stereocenters. The average Bonchev–Trinajstić information content (AvgIpc) is 2.75. The Morgan fingerprint density at radius 3 is 2.35 bits per heavy atom. The predicted molar refractivity (Wildman–Crippen MR) is 126 cm³/mol. The van der Waals surface area contributed by atoms with Crippen LogP contribution in [-0.2, 0) is 14.3 Å². The Morgan fingerprint density at radius 1 is 1.00 bits per heavy atom. The van der Waals surface area contributed by atoms with Gasteiger partial charge in [-0.3, -0.25) is 4.79 Å². The molecule has 0 aromatic carbocycles. The van der Waals surface area contributed by atoms with Crippen molar-refractivity contribution in [3.63, 3.8) is 0 Å². The van der Waals surface area contributed by atoms with Crippen molar-refractivity contribution in [2.24, 2.45) is 5.92 Å². The van der Waals surface area contributed by atoms with Crippen LogP contribution in [0, 0.1) is 5.92 Å². The molecule has 0 radical (unpaired) electrons. The lowest BCUT2D eigenvalue weighted by Gasteiger charge is -2.30. The first-order valence-corrected chi connectivity index (χ1v) is 12.9. The summed E-state index contributed by atoms with van der Waals surface area (Å²) in [6, 6.07) is 0. The second kappa shape index (κ2) is 18.6. The van der Waals surface area contributed by atoms with Gasteiger partial charge in [-0.2, -0.15) is 0 Å². The molecule has 1 aliphatic rings. The summed E-state index contributed by atoms with van der Waals surface area (Å²) in [4.78, 5) is 11.7. The molecule has 0 spiro atoms. The maximum Gasteiger partial charge on any atom is 0.309 e. The van der Waals surface area contributed by atoms with Crippen molar-refractivity contribution in [3.05, 3.63) is 12.2 Å². The molecule has 4 atom stereocenters. The van der Waals surface area contributed by atoms with E-state index >= 15 is 0 Å². The smallest absolute Gasteiger partial charge is 0.309 e. The van der Waals surface area contributed by atoms with E-state index < -0.39 is 18.0 Å². The molecule has 2 N–H and O–H groups in total. The number of hydrogen-bond acceptors (Lipinski definition) is 4. The molecular formula is C26H48O5. The first-order valence-electron chi connectivity index (χ1n) is 12.9. The van der Waals surface area contributed by atoms with Crippen LogP contribution < -0.4 is 0 Å². The Balaban J connectivity index is 2.53. The van der Waals surface area contributed by atoms with E-state index in [1.165, 1.54) is 25.7 Å². The molecular weight excluding hydrogens is 392 g/mol. The fourth-order valence-corrected chi connectivity index (χ4v) is 4.19. The standard InChI is InChI=1S/C26H48O5/c1-3-5-7-9-10-11-12-13-17-22(31-25-19-15-16-20-30-25)21-24(27)23(26(28)29)18-14-8-6-4-2/h11-12,22-25,27H,3-10,13-21H2,1-2H3,(H,28,29). The number of ether oxygens (including phenoxy) is 2. The van der Waals surface area contributed by atoms with Crippen molar-refractivity contribution in [2.45, 2.75) is 135 Å². The molecule has 0 aromatic rings. The van der Waals surface area contributed by atoms with E-state index in [2.05, 4.69) is 26.0 Å². The Labute approximate surface area is 190 Å². The van der Waals surface area contributed by atoms with E-state index in [1.807, 2.05) is 0 Å². The minimum Gasteiger partial charge on any atom is -0.481 e. The second-order valence-electron chi connectivity index (χ2n) is 9.05. The highest BCUT2D eigenvalue weighted by Gasteiger charge is 2.30. The second-order valence-corrected chi connectivity index (χ2v) is 9.05. The van der Waals surface area contributed by atoms with Gasteiger partial charge < -0.3 is 19.7 Å². The normalized spacial score (nSPS) is 20.0. The highest BCUT2D eigenvalue weighted by Crippen LogP contribution is 2.24. The number of carboxylic acids is 1. The van der Waals surface area contributed by atoms with Gasteiger partial charge in [0.05, 0.1) is 18.1 Å². The third kappa shape index (κ3) is 14.0. The Morgan fingerprint density at radius 2 is 1.71 bits per heavy atom. The molecule has 31 heavy (non-hydrogen) atoms. The molecule has 0 bridgehead atoms. The summed E-state index contributed by atoms with van der Waals surface area (Å²) < 4.78 is 11.9. The maximum absolute atomic E-state index is 11.7. The molecule has 0 saturated carbocycles. The fourth-order valence-electron chi connectivity index (χ4n) is 4.19. The summed E-state index contributed by atoms with van der Waals surface area (Å²) in [5.41, 5.74) is 0. The van der Waals surface area contributed by atoms with E-state index in [4.69, 9.17) is 9.47 Å². The number of allylic oxidation sites excluding steroid dienone is 2. The van der Waals surface area contributed by atoms with E-state index in [-0.39, 0.29) is 12.4 Å². The fraction of sp³-hybridized carbons (Fsp3) is 0.885. The van der Waals surface area contributed by atoms with Crippen molar-refractivity contribution in [3.8, 4) is 0 Å². The van der Waals surface area contributed by atoms with Crippen LogP contribution in [0.2, 0.25) is 0 Å². The summed E-state index contributed by atoms with van der Waals surface area (Å²) >= 11 is 0. The van der Waals surface area contributed by atoms with Crippen LogP contribution in [0.3, 0.4) is 0 Å². The zero-order valence-corrected chi connectivity index (χ0v) is 20.1. The van der Waals surface area contributed by atoms with Crippen molar-refractivity contribution >= 4 is 5.97 Å². The van der Waals surface area contributed by atoms with Crippen LogP contribution in [0.4, 0.5) is 0 Å². The SMILES string of the molecule is CCCCCCC=CCCC(CC(O)C(CCCCCC)C(=O)O)OC1CCCCO1. The van der Waals surface area contributed by atoms with Gasteiger partial charge in [0.25, 0.3) is 0 Å². The molecule has 1 aliphatic heterocycles. The monoisotopic (exact) mass is 440 g/mol. The lowest BCUT2D eigenvalue weighted by atomic mass is 9.91. The van der Waals surface area contributed by atoms with Gasteiger partial charge in [0.2, 0.25) is 0 Å². The summed E-state index contributed by atoms with van der Waals surface area (Å²) in [6.07, 6.45) is 19.0. The molecule has 182 valence electrons. The maximum atomic E-state index is 11.7. The van der Waals surface area contributed by atoms with Crippen LogP contribution in [0.1, 0.15) is 117 Å². The highest BCUT2D eigenvalue weighted by atomic mass is 16.7. The van der Waals surface area contributed by atoms with E-state index in [9.17, 15) is 15.0 Å². The minimum absolute atomic E-state index is 0.180. The average molecular weight is 441 g/mol. The van der Waals surface area contributed by atoms with Gasteiger partial charge in [-0.05, 0) is 51.4 Å². The first-order chi connectivity index (χ1) is 15.1. The van der Waals surface area contributed by atoms with Crippen LogP contribution in [0.25, 0.3) is 0 Å². The van der Waals surface area contributed by atoms with Crippen molar-refractivity contribution in [2.75, 3.05) is 6.61 Å². The van der Waals surface area contributed by atoms with Crippen LogP contribution in [0.5, 0.6) is 0 Å². The molecule has 5 heteroatoms. The third-order valence-electron chi connectivity index (χ3n) is 6.18. The number of aliphatic carboxylic acids is 1. The predicted octanol–water partition coefficient (Wildman–Crippen LogP) is 6.63. The number of hydrogen-bond donors (Lipinski definition) is 2. The number of rotatable bonds is 19. The van der Waals surface area contributed by atoms with Gasteiger partial charge in [0, 0.05) is 13.0 Å². The zero-order chi connectivity index (χ0) is 22.7. The molecule has 1 saturated heterocycles. The highest BCUT2D eigenvalue weighted by molar-refractivity contribution is 5.70. The van der Waals surface area contributed by atoms with Crippen molar-refractivity contribution < 1.29 is 24.5 Å². The van der Waals surface area contributed by atoms with E-state index in [1.54, 1.807) is 0 Å². The van der Waals surface area contributed by atoms with E-state index in [0.29, 0.717) is 19.4 Å². The minimum atomic E-state index is -0.899. The molecule has 1 rings (SSSR count). The van der Waals surface area contributed by atoms with Gasteiger partial charge in [-0.25, -0.2) is 0 Å². The Kier molecular flexibility index (Phi) is 16.9. The van der Waals surface area contributed by atoms with Crippen molar-refractivity contribution in [1.82, 2.24) is 0 Å². The molecule has 5 nitrogen and oxygen atoms in total. The summed E-state index contributed by atoms with van der Waals surface area (Å²) in [6.45, 7) is 5.08. The van der Waals surface area contributed by atoms with Crippen molar-refractivity contribution in [1.29, 1.82) is 0 Å². The molecule has 0 amide bonds. The number of aliphatic hydroxyl groups is 1. The number of aliphatic hydroxyl groups excluding tert-OH is 1. The number of carbonyl (C=O) groups is 1. The number of unbranched alkanes of at least 4 members (excludes halogenated alkanes) is 7. The largest absolute Gasteiger partial charge is 0.481 e. The van der Waals surface area contributed by atoms with Gasteiger partial charge in [0.15, 0.2) is 6.29 Å². The molecule has 0 aliphatic carbocycles. The lowest BCUT2D eigenvalue weighted by molar-refractivity contribution is -0.195. The summed E-state index contributed by atoms with van der Waals surface area (Å²) in [5.74, 6) is -1.62. The number of carboxylic acid groups (broad SMARTS) is 1. The summed E-state index contributed by atoms with van der Waals surface area (Å²) in [7, 11) is 0. The molecule has 1 fully saturated rings. The van der Waals surface area contributed by atoms with Gasteiger partial charge in [-0.1, -0.05) is 70.9 Å². The summed E-state index contributed by atoms with van der Waals surface area (Å²) in [5, 5.41) is 20.4. The third-order valence-corrected chi connectivity index (χ3v) is 6.18. The van der Waals surface area contributed by atoms with Crippen LogP contribution >= 0.6 is 0 Å². The molecule has 1 heterocycles. The van der Waals surface area contributed by atoms with Gasteiger partial charge in [0.1, 0.15) is 0 Å². The van der Waals surface area contributed by atoms with Gasteiger partial charge >= 0.3 is 5.97 Å². The van der Waals surface area contributed by atoms with Gasteiger partial charge in [-0.15, -0.1) is 0 Å². The topological polar surface area (TPSA) is 76.0 Å². The lowest BCUT2D eigenvalue weighted by Crippen LogP contribution is -2.35. The zero-order valence-electron chi connectivity index (χ0n) is 20.1. The van der Waals surface area contributed by atoms with Crippen LogP contribution in [-0.4, -0.2) is 41.3 Å². The van der Waals surface area contributed by atoms with E-state index in [0.717, 1.165) is 64.2 Å². The quantitative estimate of drug-likeness (QED) is 0.174. The first kappa shape index (κ1) is 28.1. The Bertz CT molecular complexity index is 459.